The van der Waals surface area contributed by atoms with Crippen molar-refractivity contribution < 1.29 is 22.6 Å². The van der Waals surface area contributed by atoms with Crippen molar-refractivity contribution in [2.45, 2.75) is 4.90 Å². The summed E-state index contributed by atoms with van der Waals surface area (Å²) in [5, 5.41) is 0. The van der Waals surface area contributed by atoms with Crippen molar-refractivity contribution in [1.82, 2.24) is 0 Å². The fourth-order valence-electron chi connectivity index (χ4n) is 1.10. The molecule has 17 heavy (non-hydrogen) atoms. The highest BCUT2D eigenvalue weighted by molar-refractivity contribution is 9.10. The third-order valence-corrected chi connectivity index (χ3v) is 4.09. The van der Waals surface area contributed by atoms with Crippen LogP contribution in [0.25, 0.3) is 0 Å². The third-order valence-electron chi connectivity index (χ3n) is 1.81. The topological polar surface area (TPSA) is 61.8 Å². The molecule has 96 valence electrons. The zero-order chi connectivity index (χ0) is 13.1. The molecule has 0 radical (unpaired) electrons. The minimum atomic E-state index is -3.84. The summed E-state index contributed by atoms with van der Waals surface area (Å²) in [7, 11) is 4.29. The first-order valence-corrected chi connectivity index (χ1v) is 7.44. The molecule has 1 aromatic rings. The summed E-state index contributed by atoms with van der Waals surface area (Å²) in [5.74, 6) is 0.606. The zero-order valence-electron chi connectivity index (χ0n) is 9.07. The Balaban J connectivity index is 3.25. The van der Waals surface area contributed by atoms with Gasteiger partial charge in [-0.05, 0) is 22.0 Å². The van der Waals surface area contributed by atoms with Crippen LogP contribution >= 0.6 is 26.6 Å². The summed E-state index contributed by atoms with van der Waals surface area (Å²) in [5.41, 5.74) is 0. The molecule has 1 rings (SSSR count). The fourth-order valence-corrected chi connectivity index (χ4v) is 3.26. The van der Waals surface area contributed by atoms with Crippen molar-refractivity contribution in [3.63, 3.8) is 0 Å². The summed E-state index contributed by atoms with van der Waals surface area (Å²) in [4.78, 5) is -0.0826. The second-order valence-electron chi connectivity index (χ2n) is 2.92. The van der Waals surface area contributed by atoms with E-state index in [1.165, 1.54) is 26.4 Å². The maximum atomic E-state index is 11.3. The minimum Gasteiger partial charge on any atom is -0.493 e. The van der Waals surface area contributed by atoms with Gasteiger partial charge in [-0.2, -0.15) is 0 Å². The number of hydrogen-bond donors (Lipinski definition) is 0. The second-order valence-corrected chi connectivity index (χ2v) is 6.31. The lowest BCUT2D eigenvalue weighted by atomic mass is 10.3. The highest BCUT2D eigenvalue weighted by atomic mass is 79.9. The summed E-state index contributed by atoms with van der Waals surface area (Å²) >= 11 is 3.10. The first-order chi connectivity index (χ1) is 7.90. The molecule has 5 nitrogen and oxygen atoms in total. The normalized spacial score (nSPS) is 11.3. The van der Waals surface area contributed by atoms with E-state index >= 15 is 0 Å². The largest absolute Gasteiger partial charge is 0.493 e. The summed E-state index contributed by atoms with van der Waals surface area (Å²) in [6, 6.07) is 2.73. The van der Waals surface area contributed by atoms with Crippen molar-refractivity contribution in [3.8, 4) is 11.5 Å². The lowest BCUT2D eigenvalue weighted by Gasteiger charge is -2.12. The predicted octanol–water partition coefficient (Wildman–Crippen LogP) is 2.37. The number of halogens is 2. The smallest absolute Gasteiger partial charge is 0.262 e. The average Bonchev–Trinajstić information content (AvgIpc) is 2.24. The molecular formula is C9H10BrClO5S. The predicted molar refractivity (Wildman–Crippen MR) is 66.2 cm³/mol. The van der Waals surface area contributed by atoms with Crippen LogP contribution in [0.4, 0.5) is 0 Å². The maximum Gasteiger partial charge on any atom is 0.262 e. The van der Waals surface area contributed by atoms with Crippen molar-refractivity contribution in [1.29, 1.82) is 0 Å². The molecule has 0 aromatic heterocycles. The molecule has 8 heteroatoms. The van der Waals surface area contributed by atoms with Crippen LogP contribution in [0.3, 0.4) is 0 Å². The first kappa shape index (κ1) is 14.6. The molecule has 0 unspecified atom stereocenters. The minimum absolute atomic E-state index is 0.0236. The number of benzene rings is 1. The van der Waals surface area contributed by atoms with Gasteiger partial charge in [0.2, 0.25) is 0 Å². The van der Waals surface area contributed by atoms with E-state index in [4.69, 9.17) is 24.9 Å². The van der Waals surface area contributed by atoms with Crippen LogP contribution in [0, 0.1) is 0 Å². The molecule has 0 aliphatic rings. The molecule has 0 atom stereocenters. The van der Waals surface area contributed by atoms with Gasteiger partial charge in [-0.3, -0.25) is 0 Å². The van der Waals surface area contributed by atoms with Crippen LogP contribution in [-0.4, -0.2) is 29.4 Å². The van der Waals surface area contributed by atoms with Crippen molar-refractivity contribution >= 4 is 35.7 Å². The Kier molecular flexibility index (Phi) is 5.05. The highest BCUT2D eigenvalue weighted by Crippen LogP contribution is 2.36. The van der Waals surface area contributed by atoms with Crippen molar-refractivity contribution in [2.75, 3.05) is 21.0 Å². The average molecular weight is 346 g/mol. The van der Waals surface area contributed by atoms with Gasteiger partial charge in [0, 0.05) is 28.3 Å². The van der Waals surface area contributed by atoms with Gasteiger partial charge in [-0.25, -0.2) is 8.42 Å². The molecule has 0 spiro atoms. The number of hydrogen-bond acceptors (Lipinski definition) is 5. The van der Waals surface area contributed by atoms with E-state index in [1.54, 1.807) is 0 Å². The number of ether oxygens (including phenoxy) is 3. The van der Waals surface area contributed by atoms with E-state index in [9.17, 15) is 8.42 Å². The SMILES string of the molecule is COCOc1cc(Br)c(S(=O)(=O)Cl)cc1OC. The standard InChI is InChI=1S/C9H10BrClO5S/c1-14-5-16-8-3-6(10)9(17(11,12)13)4-7(8)15-2/h3-4H,5H2,1-2H3. The molecule has 0 amide bonds. The lowest BCUT2D eigenvalue weighted by molar-refractivity contribution is 0.0490. The van der Waals surface area contributed by atoms with E-state index in [0.717, 1.165) is 0 Å². The van der Waals surface area contributed by atoms with Gasteiger partial charge >= 0.3 is 0 Å². The molecule has 0 aliphatic heterocycles. The van der Waals surface area contributed by atoms with E-state index in [1.807, 2.05) is 0 Å². The fraction of sp³-hybridized carbons (Fsp3) is 0.333. The molecular weight excluding hydrogens is 336 g/mol. The van der Waals surface area contributed by atoms with Crippen LogP contribution in [0.5, 0.6) is 11.5 Å². The van der Waals surface area contributed by atoms with Gasteiger partial charge in [0.15, 0.2) is 18.3 Å². The van der Waals surface area contributed by atoms with Gasteiger partial charge in [-0.1, -0.05) is 0 Å². The van der Waals surface area contributed by atoms with E-state index in [2.05, 4.69) is 15.9 Å². The molecule has 0 saturated heterocycles. The van der Waals surface area contributed by atoms with Crippen LogP contribution in [-0.2, 0) is 13.8 Å². The van der Waals surface area contributed by atoms with Crippen molar-refractivity contribution in [3.05, 3.63) is 16.6 Å². The summed E-state index contributed by atoms with van der Waals surface area (Å²) in [6.07, 6.45) is 0. The van der Waals surface area contributed by atoms with Crippen LogP contribution in [0.2, 0.25) is 0 Å². The highest BCUT2D eigenvalue weighted by Gasteiger charge is 2.19. The molecule has 0 aliphatic carbocycles. The van der Waals surface area contributed by atoms with Gasteiger partial charge < -0.3 is 14.2 Å². The number of rotatable bonds is 5. The second kappa shape index (κ2) is 5.90. The Morgan fingerprint density at radius 3 is 2.41 bits per heavy atom. The third kappa shape index (κ3) is 3.74. The Bertz CT molecular complexity index is 502. The summed E-state index contributed by atoms with van der Waals surface area (Å²) < 4.78 is 37.8. The molecule has 0 N–H and O–H groups in total. The monoisotopic (exact) mass is 344 g/mol. The molecule has 1 aromatic carbocycles. The maximum absolute atomic E-state index is 11.3. The van der Waals surface area contributed by atoms with Gasteiger partial charge in [0.25, 0.3) is 9.05 Å². The quantitative estimate of drug-likeness (QED) is 0.605. The lowest BCUT2D eigenvalue weighted by Crippen LogP contribution is -2.02. The zero-order valence-corrected chi connectivity index (χ0v) is 12.2. The first-order valence-electron chi connectivity index (χ1n) is 4.34. The Morgan fingerprint density at radius 2 is 1.94 bits per heavy atom. The van der Waals surface area contributed by atoms with Crippen LogP contribution in [0.15, 0.2) is 21.5 Å². The van der Waals surface area contributed by atoms with Gasteiger partial charge in [-0.15, -0.1) is 0 Å². The van der Waals surface area contributed by atoms with E-state index in [-0.39, 0.29) is 17.4 Å². The van der Waals surface area contributed by atoms with Crippen LogP contribution in [0.1, 0.15) is 0 Å². The molecule has 0 fully saturated rings. The van der Waals surface area contributed by atoms with Gasteiger partial charge in [0.1, 0.15) is 4.90 Å². The van der Waals surface area contributed by atoms with E-state index < -0.39 is 9.05 Å². The Morgan fingerprint density at radius 1 is 1.29 bits per heavy atom. The van der Waals surface area contributed by atoms with Gasteiger partial charge in [0.05, 0.1) is 7.11 Å². The molecule has 0 heterocycles. The number of methoxy groups -OCH3 is 2. The molecule has 0 saturated carbocycles. The Hall–Kier alpha value is -0.500. The van der Waals surface area contributed by atoms with Crippen molar-refractivity contribution in [2.24, 2.45) is 0 Å². The summed E-state index contributed by atoms with van der Waals surface area (Å²) in [6.45, 7) is 0.0236. The molecule has 0 bridgehead atoms. The van der Waals surface area contributed by atoms with Crippen LogP contribution < -0.4 is 9.47 Å². The van der Waals surface area contributed by atoms with E-state index in [0.29, 0.717) is 10.2 Å². The Labute approximate surface area is 112 Å².